The van der Waals surface area contributed by atoms with Crippen molar-refractivity contribution in [2.75, 3.05) is 65.2 Å². The summed E-state index contributed by atoms with van der Waals surface area (Å²) in [6.45, 7) is 7.92. The molecule has 1 aromatic carbocycles. The zero-order valence-electron chi connectivity index (χ0n) is 27.4. The van der Waals surface area contributed by atoms with Gasteiger partial charge in [0.05, 0.1) is 56.8 Å². The lowest BCUT2D eigenvalue weighted by Crippen LogP contribution is -2.45. The number of nitrogens with zero attached hydrogens (tertiary/aromatic N) is 9. The molecule has 1 aliphatic carbocycles. The van der Waals surface area contributed by atoms with Gasteiger partial charge in [-0.25, -0.2) is 14.6 Å². The molecule has 1 unspecified atom stereocenters. The molecular weight excluding hydrogens is 640 g/mol. The lowest BCUT2D eigenvalue weighted by molar-refractivity contribution is 0.00501. The van der Waals surface area contributed by atoms with Gasteiger partial charge in [0.2, 0.25) is 5.95 Å². The van der Waals surface area contributed by atoms with Gasteiger partial charge in [-0.05, 0) is 60.7 Å². The van der Waals surface area contributed by atoms with Crippen LogP contribution >= 0.6 is 11.6 Å². The molecule has 3 aromatic heterocycles. The van der Waals surface area contributed by atoms with Gasteiger partial charge in [0.15, 0.2) is 0 Å². The molecule has 6 rings (SSSR count). The van der Waals surface area contributed by atoms with E-state index >= 15 is 0 Å². The Balaban J connectivity index is 1.11. The van der Waals surface area contributed by atoms with Crippen LogP contribution in [0.2, 0.25) is 5.02 Å². The van der Waals surface area contributed by atoms with Crippen molar-refractivity contribution >= 4 is 23.2 Å². The molecular formula is C32H43ClN10O5. The largest absolute Gasteiger partial charge is 0.487 e. The second kappa shape index (κ2) is 17.0. The van der Waals surface area contributed by atoms with E-state index in [1.807, 2.05) is 29.9 Å². The minimum atomic E-state index is -0.210. The Morgan fingerprint density at radius 1 is 1.00 bits per heavy atom. The molecule has 0 spiro atoms. The van der Waals surface area contributed by atoms with E-state index in [9.17, 15) is 0 Å². The van der Waals surface area contributed by atoms with Crippen LogP contribution in [0.5, 0.6) is 11.6 Å². The Hall–Kier alpha value is -3.89. The van der Waals surface area contributed by atoms with E-state index in [-0.39, 0.29) is 6.10 Å². The Labute approximate surface area is 284 Å². The molecule has 1 saturated heterocycles. The molecule has 2 aliphatic rings. The number of nitrogens with one attached hydrogen (secondary N) is 1. The maximum Gasteiger partial charge on any atom is 0.257 e. The van der Waals surface area contributed by atoms with Crippen LogP contribution < -0.4 is 14.8 Å². The summed E-state index contributed by atoms with van der Waals surface area (Å²) in [5.41, 5.74) is 2.38. The Bertz CT molecular complexity index is 1540. The van der Waals surface area contributed by atoms with Crippen molar-refractivity contribution in [3.05, 3.63) is 48.1 Å². The maximum absolute atomic E-state index is 6.46. The number of aromatic nitrogens is 8. The van der Waals surface area contributed by atoms with Crippen LogP contribution in [-0.2, 0) is 20.8 Å². The highest BCUT2D eigenvalue weighted by Crippen LogP contribution is 2.35. The standard InChI is InChI=1S/C32H43ClN10O5/c1-23(20-42-22-36-39-40-42)48-30-17-24(3-8-28(30)33)25-18-34-32(35-19-25)37-29-21-43(38-31(29)47-16-15-46-14-13-44-2)27-6-4-26(5-7-27)41-9-11-45-12-10-41/h3,8,17-19,21-23,26-27H,4-7,9-16,20H2,1-2H3,(H,34,35,37). The average molecular weight is 683 g/mol. The van der Waals surface area contributed by atoms with Gasteiger partial charge >= 0.3 is 0 Å². The molecule has 4 aromatic rings. The van der Waals surface area contributed by atoms with Gasteiger partial charge in [0.1, 0.15) is 30.5 Å². The second-order valence-electron chi connectivity index (χ2n) is 11.9. The number of rotatable bonds is 16. The lowest BCUT2D eigenvalue weighted by atomic mass is 9.90. The van der Waals surface area contributed by atoms with Crippen molar-refractivity contribution in [3.63, 3.8) is 0 Å². The van der Waals surface area contributed by atoms with Crippen molar-refractivity contribution in [1.29, 1.82) is 0 Å². The van der Waals surface area contributed by atoms with Crippen LogP contribution in [0.25, 0.3) is 11.1 Å². The number of methoxy groups -OCH3 is 1. The fourth-order valence-electron chi connectivity index (χ4n) is 6.04. The van der Waals surface area contributed by atoms with E-state index in [0.29, 0.717) is 73.3 Å². The van der Waals surface area contributed by atoms with Crippen LogP contribution in [0.4, 0.5) is 11.6 Å². The van der Waals surface area contributed by atoms with Gasteiger partial charge in [-0.1, -0.05) is 17.7 Å². The molecule has 1 aliphatic heterocycles. The average Bonchev–Trinajstić information content (AvgIpc) is 3.78. The third-order valence-electron chi connectivity index (χ3n) is 8.53. The monoisotopic (exact) mass is 682 g/mol. The maximum atomic E-state index is 6.46. The third-order valence-corrected chi connectivity index (χ3v) is 8.84. The van der Waals surface area contributed by atoms with E-state index < -0.39 is 0 Å². The quantitative estimate of drug-likeness (QED) is 0.170. The predicted molar refractivity (Wildman–Crippen MR) is 178 cm³/mol. The highest BCUT2D eigenvalue weighted by molar-refractivity contribution is 6.32. The van der Waals surface area contributed by atoms with Crippen molar-refractivity contribution in [2.24, 2.45) is 0 Å². The van der Waals surface area contributed by atoms with Crippen molar-refractivity contribution in [1.82, 2.24) is 44.9 Å². The Kier molecular flexibility index (Phi) is 12.0. The fraction of sp³-hybridized carbons (Fsp3) is 0.562. The van der Waals surface area contributed by atoms with E-state index in [2.05, 4.69) is 35.7 Å². The molecule has 15 nitrogen and oxygen atoms in total. The first-order valence-electron chi connectivity index (χ1n) is 16.4. The zero-order chi connectivity index (χ0) is 33.1. The van der Waals surface area contributed by atoms with Crippen LogP contribution in [0.3, 0.4) is 0 Å². The van der Waals surface area contributed by atoms with E-state index in [1.165, 1.54) is 0 Å². The highest BCUT2D eigenvalue weighted by Gasteiger charge is 2.29. The number of anilines is 2. The molecule has 1 saturated carbocycles. The molecule has 16 heteroatoms. The summed E-state index contributed by atoms with van der Waals surface area (Å²) in [6.07, 6.45) is 11.2. The van der Waals surface area contributed by atoms with Crippen LogP contribution in [-0.4, -0.2) is 117 Å². The van der Waals surface area contributed by atoms with Crippen LogP contribution in [0.1, 0.15) is 38.6 Å². The number of hydrogen-bond acceptors (Lipinski definition) is 13. The summed E-state index contributed by atoms with van der Waals surface area (Å²) in [7, 11) is 1.65. The van der Waals surface area contributed by atoms with Gasteiger partial charge in [-0.15, -0.1) is 10.2 Å². The van der Waals surface area contributed by atoms with Gasteiger partial charge < -0.3 is 29.0 Å². The SMILES string of the molecule is COCCOCCOc1nn(C2CCC(N3CCOCC3)CC2)cc1Nc1ncc(-c2ccc(Cl)c(OC(C)Cn3cnnn3)c2)cn1. The van der Waals surface area contributed by atoms with E-state index in [4.69, 9.17) is 40.4 Å². The number of ether oxygens (including phenoxy) is 5. The van der Waals surface area contributed by atoms with Gasteiger partial charge in [0, 0.05) is 44.2 Å². The van der Waals surface area contributed by atoms with E-state index in [0.717, 1.165) is 63.1 Å². The van der Waals surface area contributed by atoms with Gasteiger partial charge in [0.25, 0.3) is 5.88 Å². The van der Waals surface area contributed by atoms with Crippen molar-refractivity contribution < 1.29 is 23.7 Å². The lowest BCUT2D eigenvalue weighted by Gasteiger charge is -2.38. The summed E-state index contributed by atoms with van der Waals surface area (Å²) in [6, 6.07) is 6.48. The summed E-state index contributed by atoms with van der Waals surface area (Å²) in [5.74, 6) is 1.47. The van der Waals surface area contributed by atoms with Crippen molar-refractivity contribution in [3.8, 4) is 22.8 Å². The molecule has 258 valence electrons. The molecule has 4 heterocycles. The number of hydrogen-bond donors (Lipinski definition) is 1. The van der Waals surface area contributed by atoms with Crippen LogP contribution in [0, 0.1) is 0 Å². The summed E-state index contributed by atoms with van der Waals surface area (Å²) in [5, 5.41) is 19.9. The third kappa shape index (κ3) is 9.17. The second-order valence-corrected chi connectivity index (χ2v) is 12.3. The number of benzene rings is 1. The number of morpholine rings is 1. The van der Waals surface area contributed by atoms with Gasteiger partial charge in [-0.3, -0.25) is 9.58 Å². The van der Waals surface area contributed by atoms with E-state index in [1.54, 1.807) is 36.6 Å². The Morgan fingerprint density at radius 3 is 2.52 bits per heavy atom. The highest BCUT2D eigenvalue weighted by atomic mass is 35.5. The molecule has 0 radical (unpaired) electrons. The summed E-state index contributed by atoms with van der Waals surface area (Å²) >= 11 is 6.46. The topological polar surface area (TPSA) is 149 Å². The Morgan fingerprint density at radius 2 is 1.77 bits per heavy atom. The summed E-state index contributed by atoms with van der Waals surface area (Å²) < 4.78 is 32.0. The first-order chi connectivity index (χ1) is 23.6. The fourth-order valence-corrected chi connectivity index (χ4v) is 6.21. The first kappa shape index (κ1) is 34.0. The minimum absolute atomic E-state index is 0.210. The zero-order valence-corrected chi connectivity index (χ0v) is 28.2. The summed E-state index contributed by atoms with van der Waals surface area (Å²) in [4.78, 5) is 11.8. The predicted octanol–water partition coefficient (Wildman–Crippen LogP) is 4.05. The normalized spacial score (nSPS) is 19.2. The molecule has 1 N–H and O–H groups in total. The first-order valence-corrected chi connectivity index (χ1v) is 16.8. The molecule has 0 amide bonds. The molecule has 0 bridgehead atoms. The smallest absolute Gasteiger partial charge is 0.257 e. The van der Waals surface area contributed by atoms with Crippen LogP contribution in [0.15, 0.2) is 43.1 Å². The number of tetrazole rings is 1. The molecule has 2 fully saturated rings. The molecule has 48 heavy (non-hydrogen) atoms. The number of halogens is 1. The minimum Gasteiger partial charge on any atom is -0.487 e. The molecule has 1 atom stereocenters. The van der Waals surface area contributed by atoms with Gasteiger partial charge in [-0.2, -0.15) is 0 Å². The van der Waals surface area contributed by atoms with Crippen molar-refractivity contribution in [2.45, 2.75) is 57.3 Å².